The molecule has 0 unspecified atom stereocenters. The average molecular weight is 1320 g/mol. The number of benzene rings is 4. The summed E-state index contributed by atoms with van der Waals surface area (Å²) in [5.41, 5.74) is 1.44. The van der Waals surface area contributed by atoms with Gasteiger partial charge in [-0.15, -0.1) is 0 Å². The number of carbonyl (C=O) groups is 8. The SMILES string of the molecule is CN(C)C(=O)COc1cc2c(cc1OCC(=O)N(C)C)-c1nc-2nc2[nH]c(nc3nc(nc4[nH]c(n1)c1cc(OCC(=O)N(C)C)c(OCC(=O)N(C)C)cc41)-c1cc(OCC(=O)N(C)C)c(OCC(=O)N(C)C)cc1-3)c1cc(OCC(=O)N(C)C)c(OCC(=O)N(C)C)cc21. The Bertz CT molecular complexity index is 3900. The molecular weight excluding hydrogens is 1250 g/mol. The van der Waals surface area contributed by atoms with Crippen LogP contribution >= 0.6 is 0 Å². The van der Waals surface area contributed by atoms with Crippen molar-refractivity contribution in [1.82, 2.24) is 79.1 Å². The van der Waals surface area contributed by atoms with Gasteiger partial charge in [-0.05, 0) is 48.5 Å². The van der Waals surface area contributed by atoms with Crippen molar-refractivity contribution >= 4 is 91.4 Å². The molecule has 0 aliphatic carbocycles. The summed E-state index contributed by atoms with van der Waals surface area (Å²) in [4.78, 5) is 154. The molecule has 32 nitrogen and oxygen atoms in total. The third-order valence-corrected chi connectivity index (χ3v) is 14.9. The van der Waals surface area contributed by atoms with Crippen molar-refractivity contribution in [3.63, 3.8) is 0 Å². The highest BCUT2D eigenvalue weighted by Gasteiger charge is 2.30. The van der Waals surface area contributed by atoms with Crippen molar-refractivity contribution in [2.75, 3.05) is 166 Å². The highest BCUT2D eigenvalue weighted by molar-refractivity contribution is 6.08. The number of aromatic nitrogens is 8. The van der Waals surface area contributed by atoms with Gasteiger partial charge in [0.1, 0.15) is 22.6 Å². The number of amides is 8. The van der Waals surface area contributed by atoms with Gasteiger partial charge in [0.25, 0.3) is 47.3 Å². The highest BCUT2D eigenvalue weighted by atomic mass is 16.5. The Morgan fingerprint density at radius 3 is 0.542 bits per heavy atom. The summed E-state index contributed by atoms with van der Waals surface area (Å²) in [6.07, 6.45) is 0. The number of H-pyrrole nitrogens is 2. The van der Waals surface area contributed by atoms with Gasteiger partial charge in [-0.25, -0.2) is 29.9 Å². The predicted octanol–water partition coefficient (Wildman–Crippen LogP) is 2.61. The van der Waals surface area contributed by atoms with Crippen molar-refractivity contribution in [3.8, 4) is 91.5 Å². The molecule has 2 N–H and O–H groups in total. The number of ether oxygens (including phenoxy) is 8. The van der Waals surface area contributed by atoms with Crippen LogP contribution in [0.3, 0.4) is 0 Å². The third-order valence-electron chi connectivity index (χ3n) is 14.9. The van der Waals surface area contributed by atoms with E-state index < -0.39 is 100 Å². The van der Waals surface area contributed by atoms with Crippen LogP contribution in [-0.2, 0) is 38.4 Å². The second-order valence-corrected chi connectivity index (χ2v) is 23.6. The average Bonchev–Trinajstić information content (AvgIpc) is 1.59. The van der Waals surface area contributed by atoms with Crippen molar-refractivity contribution in [1.29, 1.82) is 0 Å². The van der Waals surface area contributed by atoms with E-state index in [0.29, 0.717) is 21.5 Å². The number of hydrogen-bond donors (Lipinski definition) is 2. The van der Waals surface area contributed by atoms with E-state index in [9.17, 15) is 38.4 Å². The summed E-state index contributed by atoms with van der Waals surface area (Å²) in [5, 5.41) is 1.22. The monoisotopic (exact) mass is 1320 g/mol. The zero-order chi connectivity index (χ0) is 69.7. The third kappa shape index (κ3) is 15.4. The molecule has 5 heterocycles. The topological polar surface area (TPSA) is 345 Å². The molecule has 506 valence electrons. The molecule has 8 amide bonds. The molecule has 0 radical (unpaired) electrons. The molecule has 7 aromatic rings. The first-order valence-corrected chi connectivity index (χ1v) is 29.7. The first-order valence-electron chi connectivity index (χ1n) is 29.7. The van der Waals surface area contributed by atoms with Gasteiger partial charge in [-0.3, -0.25) is 38.4 Å². The van der Waals surface area contributed by atoms with Crippen molar-refractivity contribution in [2.45, 2.75) is 0 Å². The van der Waals surface area contributed by atoms with Gasteiger partial charge < -0.3 is 87.1 Å². The number of carbonyl (C=O) groups excluding carboxylic acids is 8. The Morgan fingerprint density at radius 1 is 0.250 bits per heavy atom. The molecule has 2 aliphatic rings. The fourth-order valence-corrected chi connectivity index (χ4v) is 8.87. The van der Waals surface area contributed by atoms with E-state index in [1.807, 2.05) is 0 Å². The summed E-state index contributed by atoms with van der Waals surface area (Å²) < 4.78 is 49.5. The number of fused-ring (bicyclic) bond motifs is 20. The minimum absolute atomic E-state index is 0.00541. The summed E-state index contributed by atoms with van der Waals surface area (Å²) >= 11 is 0. The van der Waals surface area contributed by atoms with Crippen molar-refractivity contribution in [3.05, 3.63) is 48.5 Å². The van der Waals surface area contributed by atoms with Crippen molar-refractivity contribution in [2.24, 2.45) is 0 Å². The second kappa shape index (κ2) is 28.7. The summed E-state index contributed by atoms with van der Waals surface area (Å²) in [6, 6.07) is 12.4. The largest absolute Gasteiger partial charge is 0.480 e. The van der Waals surface area contributed by atoms with Gasteiger partial charge in [0.05, 0.1) is 0 Å². The molecule has 4 aromatic carbocycles. The van der Waals surface area contributed by atoms with Crippen LogP contribution in [0.25, 0.3) is 89.7 Å². The van der Waals surface area contributed by atoms with Gasteiger partial charge in [-0.1, -0.05) is 0 Å². The van der Waals surface area contributed by atoms with Gasteiger partial charge >= 0.3 is 0 Å². The van der Waals surface area contributed by atoms with E-state index in [0.717, 1.165) is 0 Å². The zero-order valence-corrected chi connectivity index (χ0v) is 56.1. The van der Waals surface area contributed by atoms with E-state index in [1.165, 1.54) is 39.2 Å². The van der Waals surface area contributed by atoms with Gasteiger partial charge in [0.2, 0.25) is 0 Å². The smallest absolute Gasteiger partial charge is 0.259 e. The molecule has 9 rings (SSSR count). The molecule has 0 saturated heterocycles. The van der Waals surface area contributed by atoms with Crippen LogP contribution in [-0.4, -0.2) is 292 Å². The first-order chi connectivity index (χ1) is 45.5. The Labute approximate surface area is 550 Å². The van der Waals surface area contributed by atoms with Crippen LogP contribution in [0, 0.1) is 0 Å². The standard InChI is InChI=1S/C64H74N16O16/c1-73(2)49(81)25-89-41-17-33-34(18-42(41)90-26-50(82)74(3)4)58-65-57(33)69-59-35-19-43(91-27-51(83)75(5)6)44(92-28-52(84)76(7)8)20-36(35)61(66-59)71-63-39-23-47(95-31-55(87)79(13)14)48(96-32-56(88)80(15)16)24-40(39)64(68-63)72-62-38-22-46(94-30-54(86)78(11)12)45(93-29-53(85)77(9)10)21-37(38)60(67-62)70-58/h17-24H,25-32H2,1-16H3,(H2,65,66,67,68,69,70,71,72). The van der Waals surface area contributed by atoms with Crippen LogP contribution < -0.4 is 37.9 Å². The van der Waals surface area contributed by atoms with Crippen LogP contribution in [0.1, 0.15) is 0 Å². The number of nitrogens with zero attached hydrogens (tertiary/aromatic N) is 14. The number of aromatic amines is 2. The molecule has 8 bridgehead atoms. The predicted molar refractivity (Wildman–Crippen MR) is 350 cm³/mol. The second-order valence-electron chi connectivity index (χ2n) is 23.6. The molecule has 3 aromatic heterocycles. The maximum atomic E-state index is 13.2. The van der Waals surface area contributed by atoms with Crippen molar-refractivity contribution < 1.29 is 76.3 Å². The first kappa shape index (κ1) is 68.8. The Morgan fingerprint density at radius 2 is 0.396 bits per heavy atom. The van der Waals surface area contributed by atoms with E-state index in [4.69, 9.17) is 67.8 Å². The lowest BCUT2D eigenvalue weighted by molar-refractivity contribution is -0.132. The lowest BCUT2D eigenvalue weighted by atomic mass is 10.1. The van der Waals surface area contributed by atoms with Crippen LogP contribution in [0.2, 0.25) is 0 Å². The van der Waals surface area contributed by atoms with Gasteiger partial charge in [0, 0.05) is 157 Å². The molecule has 0 atom stereocenters. The van der Waals surface area contributed by atoms with E-state index in [1.54, 1.807) is 161 Å². The van der Waals surface area contributed by atoms with Gasteiger partial charge in [0.15, 0.2) is 122 Å². The van der Waals surface area contributed by atoms with Crippen LogP contribution in [0.4, 0.5) is 0 Å². The Balaban J connectivity index is 1.45. The highest BCUT2D eigenvalue weighted by Crippen LogP contribution is 2.46. The number of hydrogen-bond acceptors (Lipinski definition) is 22. The van der Waals surface area contributed by atoms with Crippen LogP contribution in [0.15, 0.2) is 48.5 Å². The maximum Gasteiger partial charge on any atom is 0.259 e. The minimum Gasteiger partial charge on any atom is -0.480 e. The van der Waals surface area contributed by atoms with Gasteiger partial charge in [-0.2, -0.15) is 0 Å². The van der Waals surface area contributed by atoms with E-state index >= 15 is 0 Å². The fraction of sp³-hybridized carbons (Fsp3) is 0.375. The Hall–Kier alpha value is -11.6. The molecule has 0 saturated carbocycles. The summed E-state index contributed by atoms with van der Waals surface area (Å²) in [6.45, 7) is -3.64. The molecule has 2 aliphatic heterocycles. The summed E-state index contributed by atoms with van der Waals surface area (Å²) in [7, 11) is 25.0. The number of likely N-dealkylation sites (N-methyl/N-ethyl adjacent to an activating group) is 8. The lowest BCUT2D eigenvalue weighted by Crippen LogP contribution is -2.28. The maximum absolute atomic E-state index is 13.2. The minimum atomic E-state index is -0.456. The van der Waals surface area contributed by atoms with Crippen LogP contribution in [0.5, 0.6) is 46.0 Å². The fourth-order valence-electron chi connectivity index (χ4n) is 8.87. The summed E-state index contributed by atoms with van der Waals surface area (Å²) in [5.74, 6) is -3.08. The molecule has 0 spiro atoms. The quantitative estimate of drug-likeness (QED) is 0.0878. The molecule has 0 fully saturated rings. The molecular formula is C64H74N16O16. The lowest BCUT2D eigenvalue weighted by Gasteiger charge is -2.17. The Kier molecular flexibility index (Phi) is 20.6. The normalized spacial score (nSPS) is 11.2. The number of rotatable bonds is 24. The molecule has 96 heavy (non-hydrogen) atoms. The zero-order valence-electron chi connectivity index (χ0n) is 56.1. The van der Waals surface area contributed by atoms with E-state index in [-0.39, 0.29) is 114 Å². The molecule has 32 heteroatoms. The van der Waals surface area contributed by atoms with E-state index in [2.05, 4.69) is 9.97 Å². The number of nitrogens with one attached hydrogen (secondary N) is 2.